The Balaban J connectivity index is 1.44. The summed E-state index contributed by atoms with van der Waals surface area (Å²) in [6.07, 6.45) is 0. The van der Waals surface area contributed by atoms with E-state index in [1.165, 1.54) is 16.8 Å². The van der Waals surface area contributed by atoms with Crippen molar-refractivity contribution in [2.24, 2.45) is 0 Å². The van der Waals surface area contributed by atoms with Crippen molar-refractivity contribution in [3.05, 3.63) is 94.5 Å². The lowest BCUT2D eigenvalue weighted by Gasteiger charge is -2.37. The molecule has 5 rings (SSSR count). The van der Waals surface area contributed by atoms with Crippen molar-refractivity contribution in [2.75, 3.05) is 31.1 Å². The predicted molar refractivity (Wildman–Crippen MR) is 136 cm³/mol. The highest BCUT2D eigenvalue weighted by molar-refractivity contribution is 6.30. The third-order valence-corrected chi connectivity index (χ3v) is 6.82. The van der Waals surface area contributed by atoms with Gasteiger partial charge in [0.2, 0.25) is 0 Å². The number of benzene rings is 3. The second-order valence-corrected chi connectivity index (χ2v) is 9.01. The Morgan fingerprint density at radius 3 is 2.36 bits per heavy atom. The van der Waals surface area contributed by atoms with Gasteiger partial charge in [0.25, 0.3) is 5.91 Å². The molecule has 0 spiro atoms. The minimum Gasteiger partial charge on any atom is -0.368 e. The molecule has 0 bridgehead atoms. The van der Waals surface area contributed by atoms with Crippen LogP contribution in [0.3, 0.4) is 0 Å². The Kier molecular flexibility index (Phi) is 5.77. The molecule has 4 aromatic rings. The van der Waals surface area contributed by atoms with E-state index in [4.69, 9.17) is 16.6 Å². The van der Waals surface area contributed by atoms with Crippen LogP contribution in [0.15, 0.2) is 72.8 Å². The minimum atomic E-state index is 0.0597. The number of anilines is 1. The van der Waals surface area contributed by atoms with Crippen molar-refractivity contribution < 1.29 is 4.79 Å². The standard InChI is InChI=1S/C28H26ClN3O/c1-19-6-5-9-27(20(19)2)31-14-16-32(17-15-31)28(33)24-18-26(21-10-12-22(29)13-11-21)30-25-8-4-3-7-23(24)25/h3-13,18H,14-17H2,1-2H3. The van der Waals surface area contributed by atoms with Crippen LogP contribution in [0, 0.1) is 13.8 Å². The van der Waals surface area contributed by atoms with Crippen molar-refractivity contribution in [1.82, 2.24) is 9.88 Å². The zero-order chi connectivity index (χ0) is 22.9. The third kappa shape index (κ3) is 4.19. The maximum Gasteiger partial charge on any atom is 0.254 e. The molecule has 1 fully saturated rings. The fourth-order valence-corrected chi connectivity index (χ4v) is 4.65. The molecular formula is C28H26ClN3O. The van der Waals surface area contributed by atoms with Crippen LogP contribution >= 0.6 is 11.6 Å². The first kappa shape index (κ1) is 21.5. The number of carbonyl (C=O) groups is 1. The van der Waals surface area contributed by atoms with E-state index in [0.717, 1.165) is 35.2 Å². The van der Waals surface area contributed by atoms with Gasteiger partial charge in [-0.15, -0.1) is 0 Å². The fraction of sp³-hybridized carbons (Fsp3) is 0.214. The molecule has 1 aromatic heterocycles. The number of halogens is 1. The summed E-state index contributed by atoms with van der Waals surface area (Å²) in [7, 11) is 0. The molecule has 1 aliphatic heterocycles. The van der Waals surface area contributed by atoms with Crippen molar-refractivity contribution in [3.63, 3.8) is 0 Å². The Bertz CT molecular complexity index is 1330. The Morgan fingerprint density at radius 1 is 0.879 bits per heavy atom. The number of aromatic nitrogens is 1. The highest BCUT2D eigenvalue weighted by atomic mass is 35.5. The molecule has 0 unspecified atom stereocenters. The zero-order valence-electron chi connectivity index (χ0n) is 18.9. The van der Waals surface area contributed by atoms with Gasteiger partial charge in [-0.1, -0.05) is 54.1 Å². The summed E-state index contributed by atoms with van der Waals surface area (Å²) in [5.41, 5.74) is 7.12. The number of fused-ring (bicyclic) bond motifs is 1. The topological polar surface area (TPSA) is 36.4 Å². The summed E-state index contributed by atoms with van der Waals surface area (Å²) in [6.45, 7) is 7.35. The lowest BCUT2D eigenvalue weighted by Crippen LogP contribution is -2.49. The van der Waals surface area contributed by atoms with Crippen LogP contribution in [0.1, 0.15) is 21.5 Å². The van der Waals surface area contributed by atoms with Crippen molar-refractivity contribution in [1.29, 1.82) is 0 Å². The van der Waals surface area contributed by atoms with Crippen LogP contribution in [0.4, 0.5) is 5.69 Å². The van der Waals surface area contributed by atoms with Gasteiger partial charge >= 0.3 is 0 Å². The molecule has 0 aliphatic carbocycles. The van der Waals surface area contributed by atoms with Crippen molar-refractivity contribution in [2.45, 2.75) is 13.8 Å². The molecule has 3 aromatic carbocycles. The fourth-order valence-electron chi connectivity index (χ4n) is 4.52. The molecule has 2 heterocycles. The van der Waals surface area contributed by atoms with Crippen LogP contribution in [0.5, 0.6) is 0 Å². The molecule has 166 valence electrons. The number of carbonyl (C=O) groups excluding carboxylic acids is 1. The summed E-state index contributed by atoms with van der Waals surface area (Å²) in [5, 5.41) is 1.56. The first-order valence-corrected chi connectivity index (χ1v) is 11.7. The van der Waals surface area contributed by atoms with Gasteiger partial charge in [0.15, 0.2) is 0 Å². The number of nitrogens with zero attached hydrogens (tertiary/aromatic N) is 3. The summed E-state index contributed by atoms with van der Waals surface area (Å²) >= 11 is 6.07. The average Bonchev–Trinajstić information content (AvgIpc) is 2.85. The van der Waals surface area contributed by atoms with Crippen LogP contribution in [0.25, 0.3) is 22.2 Å². The van der Waals surface area contributed by atoms with Gasteiger partial charge in [0.1, 0.15) is 0 Å². The highest BCUT2D eigenvalue weighted by Crippen LogP contribution is 2.28. The van der Waals surface area contributed by atoms with E-state index in [0.29, 0.717) is 23.7 Å². The lowest BCUT2D eigenvalue weighted by molar-refractivity contribution is 0.0748. The molecule has 5 heteroatoms. The van der Waals surface area contributed by atoms with E-state index in [-0.39, 0.29) is 5.91 Å². The number of aryl methyl sites for hydroxylation is 1. The minimum absolute atomic E-state index is 0.0597. The van der Waals surface area contributed by atoms with E-state index < -0.39 is 0 Å². The smallest absolute Gasteiger partial charge is 0.254 e. The number of para-hydroxylation sites is 1. The van der Waals surface area contributed by atoms with Crippen molar-refractivity contribution >= 4 is 34.1 Å². The van der Waals surface area contributed by atoms with Crippen LogP contribution in [-0.4, -0.2) is 42.0 Å². The molecule has 0 N–H and O–H groups in total. The molecule has 0 radical (unpaired) electrons. The Labute approximate surface area is 199 Å². The van der Waals surface area contributed by atoms with Gasteiger partial charge in [-0.05, 0) is 55.3 Å². The predicted octanol–water partition coefficient (Wildman–Crippen LogP) is 6.13. The van der Waals surface area contributed by atoms with Gasteiger partial charge in [0.05, 0.1) is 16.8 Å². The molecule has 0 saturated carbocycles. The van der Waals surface area contributed by atoms with Crippen molar-refractivity contribution in [3.8, 4) is 11.3 Å². The molecule has 1 saturated heterocycles. The van der Waals surface area contributed by atoms with E-state index in [1.54, 1.807) is 0 Å². The summed E-state index contributed by atoms with van der Waals surface area (Å²) < 4.78 is 0. The molecule has 33 heavy (non-hydrogen) atoms. The first-order valence-electron chi connectivity index (χ1n) is 11.3. The maximum absolute atomic E-state index is 13.7. The average molecular weight is 456 g/mol. The van der Waals surface area contributed by atoms with Gasteiger partial charge in [-0.2, -0.15) is 0 Å². The van der Waals surface area contributed by atoms with Gasteiger partial charge < -0.3 is 9.80 Å². The monoisotopic (exact) mass is 455 g/mol. The Morgan fingerprint density at radius 2 is 1.61 bits per heavy atom. The van der Waals surface area contributed by atoms with Crippen LogP contribution in [-0.2, 0) is 0 Å². The largest absolute Gasteiger partial charge is 0.368 e. The number of piperazine rings is 1. The second-order valence-electron chi connectivity index (χ2n) is 8.58. The maximum atomic E-state index is 13.7. The normalized spacial score (nSPS) is 14.0. The first-order chi connectivity index (χ1) is 16.0. The summed E-state index contributed by atoms with van der Waals surface area (Å²) in [4.78, 5) is 22.8. The number of hydrogen-bond donors (Lipinski definition) is 0. The van der Waals surface area contributed by atoms with Gasteiger partial charge in [0, 0.05) is 47.8 Å². The molecule has 0 atom stereocenters. The van der Waals surface area contributed by atoms with Crippen LogP contribution in [0.2, 0.25) is 5.02 Å². The molecule has 1 aliphatic rings. The SMILES string of the molecule is Cc1cccc(N2CCN(C(=O)c3cc(-c4ccc(Cl)cc4)nc4ccccc34)CC2)c1C. The van der Waals surface area contributed by atoms with E-state index in [2.05, 4.69) is 36.9 Å². The zero-order valence-corrected chi connectivity index (χ0v) is 19.6. The van der Waals surface area contributed by atoms with E-state index >= 15 is 0 Å². The van der Waals surface area contributed by atoms with Crippen LogP contribution < -0.4 is 4.90 Å². The lowest BCUT2D eigenvalue weighted by atomic mass is 10.0. The molecule has 1 amide bonds. The Hall–Kier alpha value is -3.37. The third-order valence-electron chi connectivity index (χ3n) is 6.57. The summed E-state index contributed by atoms with van der Waals surface area (Å²) in [5.74, 6) is 0.0597. The number of pyridine rings is 1. The highest BCUT2D eigenvalue weighted by Gasteiger charge is 2.25. The second kappa shape index (κ2) is 8.87. The van der Waals surface area contributed by atoms with E-state index in [1.807, 2.05) is 59.5 Å². The number of amides is 1. The number of rotatable bonds is 3. The quantitative estimate of drug-likeness (QED) is 0.372. The molecular weight excluding hydrogens is 430 g/mol. The van der Waals surface area contributed by atoms with E-state index in [9.17, 15) is 4.79 Å². The van der Waals surface area contributed by atoms with Gasteiger partial charge in [-0.3, -0.25) is 4.79 Å². The molecule has 4 nitrogen and oxygen atoms in total. The number of hydrogen-bond acceptors (Lipinski definition) is 3. The summed E-state index contributed by atoms with van der Waals surface area (Å²) in [6, 6.07) is 23.8. The van der Waals surface area contributed by atoms with Gasteiger partial charge in [-0.25, -0.2) is 4.98 Å².